The van der Waals surface area contributed by atoms with Crippen molar-refractivity contribution in [3.8, 4) is 0 Å². The van der Waals surface area contributed by atoms with Gasteiger partial charge in [-0.3, -0.25) is 0 Å². The first-order valence-corrected chi connectivity index (χ1v) is 5.58. The van der Waals surface area contributed by atoms with Gasteiger partial charge in [0, 0.05) is 3.57 Å². The van der Waals surface area contributed by atoms with E-state index in [1.807, 2.05) is 29.5 Å². The number of aryl methyl sites for hydroxylation is 1. The Morgan fingerprint density at radius 3 is 2.42 bits per heavy atom. The molecule has 0 fully saturated rings. The Bertz CT molecular complexity index is 400. The van der Waals surface area contributed by atoms with E-state index in [1.54, 1.807) is 6.07 Å². The average molecular weight is 300 g/mol. The monoisotopic (exact) mass is 300 g/mol. The first-order chi connectivity index (χ1) is 5.41. The van der Waals surface area contributed by atoms with E-state index in [2.05, 4.69) is 0 Å². The summed E-state index contributed by atoms with van der Waals surface area (Å²) >= 11 is 1.96. The summed E-state index contributed by atoms with van der Waals surface area (Å²) in [5.41, 5.74) is 0.933. The smallest absolute Gasteiger partial charge is 0.189 e. The molecule has 0 heterocycles. The van der Waals surface area contributed by atoms with E-state index in [1.165, 1.54) is 12.1 Å². The predicted octanol–water partition coefficient (Wildman–Crippen LogP) is 2.26. The van der Waals surface area contributed by atoms with Crippen molar-refractivity contribution in [3.63, 3.8) is 0 Å². The lowest BCUT2D eigenvalue weighted by Gasteiger charge is -1.98. The fourth-order valence-electron chi connectivity index (χ4n) is 0.725. The van der Waals surface area contributed by atoms with Gasteiger partial charge in [-0.05, 0) is 47.2 Å². The highest BCUT2D eigenvalue weighted by Gasteiger charge is 2.11. The lowest BCUT2D eigenvalue weighted by atomic mass is 10.2. The van der Waals surface area contributed by atoms with Gasteiger partial charge < -0.3 is 0 Å². The van der Waals surface area contributed by atoms with Crippen molar-refractivity contribution in [2.75, 3.05) is 0 Å². The van der Waals surface area contributed by atoms with Crippen LogP contribution < -0.4 is 0 Å². The molecule has 5 heteroatoms. The molecule has 0 aliphatic rings. The minimum absolute atomic E-state index is 0.280. The van der Waals surface area contributed by atoms with Crippen LogP contribution in [0.25, 0.3) is 0 Å². The van der Waals surface area contributed by atoms with Crippen LogP contribution in [0.2, 0.25) is 0 Å². The molecule has 0 atom stereocenters. The van der Waals surface area contributed by atoms with Crippen LogP contribution in [-0.4, -0.2) is 8.42 Å². The molecule has 0 aliphatic carbocycles. The van der Waals surface area contributed by atoms with Crippen LogP contribution in [0.1, 0.15) is 5.56 Å². The Morgan fingerprint density at radius 1 is 1.42 bits per heavy atom. The van der Waals surface area contributed by atoms with Crippen molar-refractivity contribution in [3.05, 3.63) is 27.3 Å². The van der Waals surface area contributed by atoms with Crippen molar-refractivity contribution in [2.45, 2.75) is 11.8 Å². The Morgan fingerprint density at radius 2 is 2.00 bits per heavy atom. The molecule has 1 rings (SSSR count). The predicted molar refractivity (Wildman–Crippen MR) is 52.2 cm³/mol. The quantitative estimate of drug-likeness (QED) is 0.589. The van der Waals surface area contributed by atoms with Crippen LogP contribution in [0.4, 0.5) is 3.89 Å². The standard InChI is InChI=1S/C7H6FIO2S/c1-5-2-3-6(4-7(5)9)12(8,10)11/h2-4H,1H3. The Kier molecular flexibility index (Phi) is 2.72. The summed E-state index contributed by atoms with van der Waals surface area (Å²) in [5.74, 6) is 0. The molecule has 0 saturated carbocycles. The largest absolute Gasteiger partial charge is 0.332 e. The van der Waals surface area contributed by atoms with Crippen molar-refractivity contribution in [2.24, 2.45) is 0 Å². The van der Waals surface area contributed by atoms with E-state index in [-0.39, 0.29) is 4.90 Å². The van der Waals surface area contributed by atoms with Gasteiger partial charge in [0.1, 0.15) is 0 Å². The number of rotatable bonds is 1. The molecule has 1 aromatic rings. The van der Waals surface area contributed by atoms with E-state index in [4.69, 9.17) is 0 Å². The van der Waals surface area contributed by atoms with E-state index in [0.29, 0.717) is 0 Å². The zero-order chi connectivity index (χ0) is 9.35. The molecule has 0 spiro atoms. The highest BCUT2D eigenvalue weighted by Crippen LogP contribution is 2.18. The highest BCUT2D eigenvalue weighted by atomic mass is 127. The molecule has 0 bridgehead atoms. The Balaban J connectivity index is 3.33. The van der Waals surface area contributed by atoms with Crippen LogP contribution in [0.15, 0.2) is 23.1 Å². The third-order valence-corrected chi connectivity index (χ3v) is 3.40. The molecule has 1 aromatic carbocycles. The number of hydrogen-bond donors (Lipinski definition) is 0. The summed E-state index contributed by atoms with van der Waals surface area (Å²) in [5, 5.41) is 0. The maximum absolute atomic E-state index is 12.4. The molecule has 0 aliphatic heterocycles. The molecule has 2 nitrogen and oxygen atoms in total. The maximum Gasteiger partial charge on any atom is 0.332 e. The van der Waals surface area contributed by atoms with Gasteiger partial charge in [0.15, 0.2) is 0 Å². The first kappa shape index (κ1) is 9.91. The highest BCUT2D eigenvalue weighted by molar-refractivity contribution is 14.1. The van der Waals surface area contributed by atoms with Crippen molar-refractivity contribution in [1.82, 2.24) is 0 Å². The van der Waals surface area contributed by atoms with Gasteiger partial charge in [-0.15, -0.1) is 3.89 Å². The number of hydrogen-bond acceptors (Lipinski definition) is 2. The van der Waals surface area contributed by atoms with Gasteiger partial charge in [-0.2, -0.15) is 8.42 Å². The second kappa shape index (κ2) is 3.29. The van der Waals surface area contributed by atoms with Crippen molar-refractivity contribution in [1.29, 1.82) is 0 Å². The van der Waals surface area contributed by atoms with Gasteiger partial charge in [0.25, 0.3) is 0 Å². The van der Waals surface area contributed by atoms with Crippen LogP contribution in [-0.2, 0) is 10.2 Å². The van der Waals surface area contributed by atoms with Gasteiger partial charge in [0.05, 0.1) is 4.90 Å². The van der Waals surface area contributed by atoms with Crippen LogP contribution in [0.3, 0.4) is 0 Å². The summed E-state index contributed by atoms with van der Waals surface area (Å²) in [6.07, 6.45) is 0. The Hall–Kier alpha value is -0.170. The lowest BCUT2D eigenvalue weighted by molar-refractivity contribution is 0.552. The normalized spacial score (nSPS) is 11.6. The molecule has 0 N–H and O–H groups in total. The van der Waals surface area contributed by atoms with E-state index in [0.717, 1.165) is 9.13 Å². The molecule has 0 unspecified atom stereocenters. The molecule has 66 valence electrons. The molecule has 0 radical (unpaired) electrons. The van der Waals surface area contributed by atoms with Crippen LogP contribution in [0.5, 0.6) is 0 Å². The maximum atomic E-state index is 12.4. The fraction of sp³-hybridized carbons (Fsp3) is 0.143. The SMILES string of the molecule is Cc1ccc(S(=O)(=O)F)cc1I. The van der Waals surface area contributed by atoms with Gasteiger partial charge in [-0.1, -0.05) is 6.07 Å². The minimum atomic E-state index is -4.55. The van der Waals surface area contributed by atoms with Crippen LogP contribution >= 0.6 is 22.6 Å². The zero-order valence-electron chi connectivity index (χ0n) is 6.21. The molecular formula is C7H6FIO2S. The molecule has 0 aromatic heterocycles. The molecular weight excluding hydrogens is 294 g/mol. The minimum Gasteiger partial charge on any atom is -0.189 e. The third-order valence-electron chi connectivity index (χ3n) is 1.42. The topological polar surface area (TPSA) is 34.1 Å². The van der Waals surface area contributed by atoms with Crippen LogP contribution in [0, 0.1) is 10.5 Å². The Labute approximate surface area is 84.1 Å². The summed E-state index contributed by atoms with van der Waals surface area (Å²) < 4.78 is 34.0. The number of benzene rings is 1. The van der Waals surface area contributed by atoms with E-state index in [9.17, 15) is 12.3 Å². The van der Waals surface area contributed by atoms with E-state index < -0.39 is 10.2 Å². The summed E-state index contributed by atoms with van der Waals surface area (Å²) in [6.45, 7) is 1.83. The fourth-order valence-corrected chi connectivity index (χ4v) is 1.94. The first-order valence-electron chi connectivity index (χ1n) is 3.12. The second-order valence-corrected chi connectivity index (χ2v) is 4.86. The second-order valence-electron chi connectivity index (χ2n) is 2.35. The molecule has 0 saturated heterocycles. The lowest BCUT2D eigenvalue weighted by Crippen LogP contribution is -1.93. The summed E-state index contributed by atoms with van der Waals surface area (Å²) in [7, 11) is -4.55. The van der Waals surface area contributed by atoms with Gasteiger partial charge in [0.2, 0.25) is 0 Å². The number of halogens is 2. The van der Waals surface area contributed by atoms with Gasteiger partial charge in [-0.25, -0.2) is 0 Å². The average Bonchev–Trinajstić information content (AvgIpc) is 1.92. The summed E-state index contributed by atoms with van der Waals surface area (Å²) in [6, 6.07) is 4.15. The van der Waals surface area contributed by atoms with E-state index >= 15 is 0 Å². The van der Waals surface area contributed by atoms with Crippen molar-refractivity contribution >= 4 is 32.8 Å². The van der Waals surface area contributed by atoms with Gasteiger partial charge >= 0.3 is 10.2 Å². The van der Waals surface area contributed by atoms with Crippen molar-refractivity contribution < 1.29 is 12.3 Å². The molecule has 12 heavy (non-hydrogen) atoms. The molecule has 0 amide bonds. The summed E-state index contributed by atoms with van der Waals surface area (Å²) in [4.78, 5) is -0.280. The zero-order valence-corrected chi connectivity index (χ0v) is 9.19. The third kappa shape index (κ3) is 2.16.